The lowest BCUT2D eigenvalue weighted by atomic mass is 10.0. The summed E-state index contributed by atoms with van der Waals surface area (Å²) in [4.78, 5) is 4.42. The van der Waals surface area contributed by atoms with Gasteiger partial charge in [0, 0.05) is 6.20 Å². The molecular formula is C17H20Cl2N2. The van der Waals surface area contributed by atoms with Gasteiger partial charge in [-0.05, 0) is 37.9 Å². The molecule has 112 valence electrons. The molecule has 0 fully saturated rings. The Hall–Kier alpha value is -1.09. The second-order valence-corrected chi connectivity index (χ2v) is 6.06. The van der Waals surface area contributed by atoms with Crippen molar-refractivity contribution in [3.8, 4) is 0 Å². The Balaban J connectivity index is 2.25. The summed E-state index contributed by atoms with van der Waals surface area (Å²) < 4.78 is 0. The normalized spacial score (nSPS) is 12.4. The summed E-state index contributed by atoms with van der Waals surface area (Å²) in [7, 11) is 0. The molecule has 0 bridgehead atoms. The maximum atomic E-state index is 6.31. The van der Waals surface area contributed by atoms with Crippen molar-refractivity contribution < 1.29 is 0 Å². The third kappa shape index (κ3) is 4.70. The van der Waals surface area contributed by atoms with E-state index in [2.05, 4.69) is 48.4 Å². The van der Waals surface area contributed by atoms with Gasteiger partial charge in [0.2, 0.25) is 0 Å². The number of benzene rings is 1. The van der Waals surface area contributed by atoms with Crippen LogP contribution in [0.4, 0.5) is 0 Å². The molecule has 1 aromatic carbocycles. The maximum Gasteiger partial charge on any atom is 0.0763 e. The molecule has 0 spiro atoms. The number of aromatic nitrogens is 1. The fourth-order valence-electron chi connectivity index (χ4n) is 2.34. The van der Waals surface area contributed by atoms with E-state index >= 15 is 0 Å². The smallest absolute Gasteiger partial charge is 0.0763 e. The van der Waals surface area contributed by atoms with Gasteiger partial charge in [0.1, 0.15) is 0 Å². The highest BCUT2D eigenvalue weighted by atomic mass is 35.5. The molecule has 2 aromatic rings. The van der Waals surface area contributed by atoms with Crippen molar-refractivity contribution in [3.05, 3.63) is 63.4 Å². The average Bonchev–Trinajstić information content (AvgIpc) is 2.44. The Labute approximate surface area is 136 Å². The number of pyridine rings is 1. The monoisotopic (exact) mass is 322 g/mol. The molecule has 1 unspecified atom stereocenters. The van der Waals surface area contributed by atoms with Gasteiger partial charge in [-0.2, -0.15) is 0 Å². The summed E-state index contributed by atoms with van der Waals surface area (Å²) in [5.74, 6) is 0. The van der Waals surface area contributed by atoms with Crippen molar-refractivity contribution >= 4 is 23.2 Å². The summed E-state index contributed by atoms with van der Waals surface area (Å²) in [5.41, 5.74) is 3.39. The first kappa shape index (κ1) is 16.3. The molecule has 21 heavy (non-hydrogen) atoms. The largest absolute Gasteiger partial charge is 0.308 e. The van der Waals surface area contributed by atoms with Crippen LogP contribution in [-0.4, -0.2) is 11.5 Å². The van der Waals surface area contributed by atoms with Crippen molar-refractivity contribution in [1.29, 1.82) is 0 Å². The van der Waals surface area contributed by atoms with Crippen LogP contribution >= 0.6 is 23.2 Å². The van der Waals surface area contributed by atoms with Crippen molar-refractivity contribution in [2.45, 2.75) is 32.7 Å². The molecule has 0 aliphatic rings. The third-order valence-electron chi connectivity index (χ3n) is 3.33. The summed E-state index contributed by atoms with van der Waals surface area (Å²) in [6.45, 7) is 5.18. The van der Waals surface area contributed by atoms with E-state index in [1.807, 2.05) is 0 Å². The van der Waals surface area contributed by atoms with Gasteiger partial charge >= 0.3 is 0 Å². The fraction of sp³-hybridized carbons (Fsp3) is 0.353. The average molecular weight is 323 g/mol. The number of aryl methyl sites for hydroxylation is 1. The third-order valence-corrected chi connectivity index (χ3v) is 3.84. The lowest BCUT2D eigenvalue weighted by molar-refractivity contribution is 0.518. The quantitative estimate of drug-likeness (QED) is 0.811. The number of nitrogens with zero attached hydrogens (tertiary/aromatic N) is 1. The van der Waals surface area contributed by atoms with E-state index in [1.54, 1.807) is 12.3 Å². The fourth-order valence-corrected chi connectivity index (χ4v) is 2.85. The maximum absolute atomic E-state index is 6.31. The number of hydrogen-bond acceptors (Lipinski definition) is 2. The summed E-state index contributed by atoms with van der Waals surface area (Å²) >= 11 is 12.3. The topological polar surface area (TPSA) is 24.9 Å². The van der Waals surface area contributed by atoms with Gasteiger partial charge in [0.25, 0.3) is 0 Å². The van der Waals surface area contributed by atoms with E-state index in [4.69, 9.17) is 23.2 Å². The molecule has 4 heteroatoms. The van der Waals surface area contributed by atoms with Crippen LogP contribution in [0.5, 0.6) is 0 Å². The van der Waals surface area contributed by atoms with Gasteiger partial charge in [0.05, 0.1) is 21.8 Å². The number of halogens is 2. The predicted octanol–water partition coefficient (Wildman–Crippen LogP) is 4.98. The van der Waals surface area contributed by atoms with Gasteiger partial charge < -0.3 is 5.32 Å². The first-order valence-corrected chi connectivity index (χ1v) is 7.95. The highest BCUT2D eigenvalue weighted by Crippen LogP contribution is 2.26. The van der Waals surface area contributed by atoms with Crippen molar-refractivity contribution in [1.82, 2.24) is 10.3 Å². The Morgan fingerprint density at radius 1 is 1.24 bits per heavy atom. The van der Waals surface area contributed by atoms with Gasteiger partial charge in [-0.25, -0.2) is 0 Å². The second kappa shape index (κ2) is 7.79. The summed E-state index contributed by atoms with van der Waals surface area (Å²) in [6.07, 6.45) is 3.57. The van der Waals surface area contributed by atoms with Crippen LogP contribution in [0.2, 0.25) is 10.0 Å². The number of hydrogen-bond donors (Lipinski definition) is 1. The minimum absolute atomic E-state index is 0.0940. The van der Waals surface area contributed by atoms with E-state index in [9.17, 15) is 0 Å². The van der Waals surface area contributed by atoms with Gasteiger partial charge in [-0.1, -0.05) is 60.0 Å². The molecule has 2 nitrogen and oxygen atoms in total. The van der Waals surface area contributed by atoms with E-state index in [-0.39, 0.29) is 6.04 Å². The minimum atomic E-state index is 0.0940. The molecule has 0 amide bonds. The van der Waals surface area contributed by atoms with Crippen LogP contribution in [0.1, 0.15) is 36.2 Å². The van der Waals surface area contributed by atoms with E-state index in [1.165, 1.54) is 11.1 Å². The lowest BCUT2D eigenvalue weighted by Gasteiger charge is -2.19. The number of rotatable bonds is 6. The molecule has 1 atom stereocenters. The molecule has 0 aliphatic heterocycles. The number of nitrogens with one attached hydrogen (secondary N) is 1. The van der Waals surface area contributed by atoms with Crippen molar-refractivity contribution in [2.24, 2.45) is 0 Å². The van der Waals surface area contributed by atoms with Crippen LogP contribution < -0.4 is 5.32 Å². The van der Waals surface area contributed by atoms with Crippen LogP contribution in [0.25, 0.3) is 0 Å². The Bertz CT molecular complexity index is 599. The zero-order valence-corrected chi connectivity index (χ0v) is 13.9. The molecule has 1 heterocycles. The van der Waals surface area contributed by atoms with E-state index in [0.717, 1.165) is 25.1 Å². The van der Waals surface area contributed by atoms with Crippen molar-refractivity contribution in [2.75, 3.05) is 6.54 Å². The molecule has 0 radical (unpaired) electrons. The first-order chi connectivity index (χ1) is 10.1. The molecule has 1 aromatic heterocycles. The molecule has 0 saturated heterocycles. The molecular weight excluding hydrogens is 303 g/mol. The lowest BCUT2D eigenvalue weighted by Crippen LogP contribution is -2.25. The SMILES string of the molecule is CCCNC(Cc1cccc(C)c1)c1ncc(Cl)cc1Cl. The molecule has 2 rings (SSSR count). The van der Waals surface area contributed by atoms with Gasteiger partial charge in [-0.15, -0.1) is 0 Å². The molecule has 0 aliphatic carbocycles. The van der Waals surface area contributed by atoms with Gasteiger partial charge in [-0.3, -0.25) is 4.98 Å². The predicted molar refractivity (Wildman–Crippen MR) is 90.2 cm³/mol. The van der Waals surface area contributed by atoms with Crippen LogP contribution in [0, 0.1) is 6.92 Å². The van der Waals surface area contributed by atoms with Crippen LogP contribution in [-0.2, 0) is 6.42 Å². The van der Waals surface area contributed by atoms with Gasteiger partial charge in [0.15, 0.2) is 0 Å². The van der Waals surface area contributed by atoms with Crippen LogP contribution in [0.3, 0.4) is 0 Å². The Kier molecular flexibility index (Phi) is 6.04. The second-order valence-electron chi connectivity index (χ2n) is 5.22. The minimum Gasteiger partial charge on any atom is -0.308 e. The zero-order valence-electron chi connectivity index (χ0n) is 12.4. The Morgan fingerprint density at radius 2 is 2.05 bits per heavy atom. The molecule has 1 N–H and O–H groups in total. The zero-order chi connectivity index (χ0) is 15.2. The highest BCUT2D eigenvalue weighted by Gasteiger charge is 2.16. The standard InChI is InChI=1S/C17H20Cl2N2/c1-3-7-20-16(9-13-6-4-5-12(2)8-13)17-15(19)10-14(18)11-21-17/h4-6,8,10-11,16,20H,3,7,9H2,1-2H3. The van der Waals surface area contributed by atoms with E-state index < -0.39 is 0 Å². The first-order valence-electron chi connectivity index (χ1n) is 7.20. The van der Waals surface area contributed by atoms with Crippen molar-refractivity contribution in [3.63, 3.8) is 0 Å². The molecule has 0 saturated carbocycles. The van der Waals surface area contributed by atoms with E-state index in [0.29, 0.717) is 10.0 Å². The highest BCUT2D eigenvalue weighted by molar-refractivity contribution is 6.34. The Morgan fingerprint density at radius 3 is 2.71 bits per heavy atom. The summed E-state index contributed by atoms with van der Waals surface area (Å²) in [5, 5.41) is 4.70. The van der Waals surface area contributed by atoms with Crippen LogP contribution in [0.15, 0.2) is 36.5 Å². The summed E-state index contributed by atoms with van der Waals surface area (Å²) in [6, 6.07) is 10.4.